The van der Waals surface area contributed by atoms with Crippen molar-refractivity contribution < 1.29 is 18.6 Å². The Morgan fingerprint density at radius 2 is 1.62 bits per heavy atom. The summed E-state index contributed by atoms with van der Waals surface area (Å²) < 4.78 is 31.5. The second-order valence-corrected chi connectivity index (χ2v) is 9.39. The number of thiazole rings is 1. The van der Waals surface area contributed by atoms with Crippen LogP contribution in [0.3, 0.4) is 0 Å². The maximum Gasteiger partial charge on any atom is 0.203 e. The van der Waals surface area contributed by atoms with E-state index in [1.807, 2.05) is 35.8 Å². The molecular formula is C29H26FN3O3S. The number of halogens is 1. The molecule has 2 heterocycles. The molecule has 0 amide bonds. The van der Waals surface area contributed by atoms with Crippen LogP contribution < -0.4 is 19.5 Å². The minimum absolute atomic E-state index is 0.236. The standard InChI is InChI=1S/C29H26FN3O3S/c1-17-9-20(5-7-23(17)30)28-22(19-6-8-24-27(12-19)37-16-33-24)13-21(15-32-28)31-14-18-10-25(34-2)29(36-4)26(11-18)35-3/h5-13,15-16,31H,14H2,1-4H3. The highest BCUT2D eigenvalue weighted by atomic mass is 32.1. The summed E-state index contributed by atoms with van der Waals surface area (Å²) in [5.41, 5.74) is 8.77. The quantitative estimate of drug-likeness (QED) is 0.238. The van der Waals surface area contributed by atoms with Gasteiger partial charge in [-0.25, -0.2) is 9.37 Å². The van der Waals surface area contributed by atoms with Gasteiger partial charge in [-0.3, -0.25) is 4.98 Å². The van der Waals surface area contributed by atoms with E-state index < -0.39 is 0 Å². The minimum atomic E-state index is -0.236. The smallest absolute Gasteiger partial charge is 0.203 e. The van der Waals surface area contributed by atoms with Crippen molar-refractivity contribution in [1.82, 2.24) is 9.97 Å². The maximum atomic E-state index is 14.0. The number of fused-ring (bicyclic) bond motifs is 1. The lowest BCUT2D eigenvalue weighted by Gasteiger charge is -2.16. The first-order chi connectivity index (χ1) is 18.0. The third-order valence-electron chi connectivity index (χ3n) is 6.18. The molecule has 0 bridgehead atoms. The number of hydrogen-bond acceptors (Lipinski definition) is 7. The van der Waals surface area contributed by atoms with Crippen LogP contribution in [0.5, 0.6) is 17.2 Å². The Morgan fingerprint density at radius 3 is 2.32 bits per heavy atom. The van der Waals surface area contributed by atoms with Crippen LogP contribution in [-0.4, -0.2) is 31.3 Å². The van der Waals surface area contributed by atoms with Crippen LogP contribution >= 0.6 is 11.3 Å². The van der Waals surface area contributed by atoms with Crippen LogP contribution in [0.4, 0.5) is 10.1 Å². The maximum absolute atomic E-state index is 14.0. The van der Waals surface area contributed by atoms with Crippen LogP contribution in [0.2, 0.25) is 0 Å². The number of anilines is 1. The molecule has 0 aliphatic rings. The average molecular weight is 516 g/mol. The van der Waals surface area contributed by atoms with Gasteiger partial charge >= 0.3 is 0 Å². The molecule has 37 heavy (non-hydrogen) atoms. The van der Waals surface area contributed by atoms with Gasteiger partial charge in [0.1, 0.15) is 5.82 Å². The van der Waals surface area contributed by atoms with Gasteiger partial charge < -0.3 is 19.5 Å². The predicted molar refractivity (Wildman–Crippen MR) is 146 cm³/mol. The highest BCUT2D eigenvalue weighted by Gasteiger charge is 2.15. The summed E-state index contributed by atoms with van der Waals surface area (Å²) in [6.07, 6.45) is 1.79. The molecule has 0 radical (unpaired) electrons. The highest BCUT2D eigenvalue weighted by Crippen LogP contribution is 2.39. The van der Waals surface area contributed by atoms with E-state index in [1.165, 1.54) is 6.07 Å². The van der Waals surface area contributed by atoms with Crippen molar-refractivity contribution in [3.63, 3.8) is 0 Å². The first kappa shape index (κ1) is 24.5. The van der Waals surface area contributed by atoms with Crippen molar-refractivity contribution in [2.45, 2.75) is 13.5 Å². The van der Waals surface area contributed by atoms with Crippen LogP contribution in [0.15, 0.2) is 66.3 Å². The van der Waals surface area contributed by atoms with E-state index in [4.69, 9.17) is 19.2 Å². The number of aryl methyl sites for hydroxylation is 1. The summed E-state index contributed by atoms with van der Waals surface area (Å²) in [7, 11) is 4.78. The molecule has 1 N–H and O–H groups in total. The highest BCUT2D eigenvalue weighted by molar-refractivity contribution is 7.16. The lowest BCUT2D eigenvalue weighted by molar-refractivity contribution is 0.324. The summed E-state index contributed by atoms with van der Waals surface area (Å²) in [5.74, 6) is 1.50. The van der Waals surface area contributed by atoms with Crippen LogP contribution in [0, 0.1) is 12.7 Å². The lowest BCUT2D eigenvalue weighted by atomic mass is 9.97. The van der Waals surface area contributed by atoms with E-state index in [1.54, 1.807) is 51.9 Å². The molecule has 188 valence electrons. The Hall–Kier alpha value is -4.17. The molecule has 0 spiro atoms. The van der Waals surface area contributed by atoms with Crippen molar-refractivity contribution in [1.29, 1.82) is 0 Å². The molecule has 2 aromatic heterocycles. The summed E-state index contributed by atoms with van der Waals surface area (Å²) in [5, 5.41) is 3.46. The monoisotopic (exact) mass is 515 g/mol. The van der Waals surface area contributed by atoms with Gasteiger partial charge in [0.05, 0.1) is 54.6 Å². The number of hydrogen-bond donors (Lipinski definition) is 1. The number of aromatic nitrogens is 2. The molecule has 5 rings (SSSR count). The van der Waals surface area contributed by atoms with E-state index in [0.717, 1.165) is 43.9 Å². The normalized spacial score (nSPS) is 10.9. The van der Waals surface area contributed by atoms with Crippen molar-refractivity contribution in [3.05, 3.63) is 83.2 Å². The van der Waals surface area contributed by atoms with E-state index in [2.05, 4.69) is 22.4 Å². The Labute approximate surface area is 218 Å². The first-order valence-electron chi connectivity index (χ1n) is 11.6. The van der Waals surface area contributed by atoms with E-state index >= 15 is 0 Å². The molecule has 8 heteroatoms. The number of pyridine rings is 1. The fourth-order valence-corrected chi connectivity index (χ4v) is 4.98. The SMILES string of the molecule is COc1cc(CNc2cnc(-c3ccc(F)c(C)c3)c(-c3ccc4ncsc4c3)c2)cc(OC)c1OC. The lowest BCUT2D eigenvalue weighted by Crippen LogP contribution is -2.03. The summed E-state index contributed by atoms with van der Waals surface area (Å²) in [6.45, 7) is 2.27. The number of methoxy groups -OCH3 is 3. The van der Waals surface area contributed by atoms with Crippen molar-refractivity contribution in [2.75, 3.05) is 26.6 Å². The molecule has 5 aromatic rings. The van der Waals surface area contributed by atoms with Crippen molar-refractivity contribution in [2.24, 2.45) is 0 Å². The molecule has 0 aliphatic heterocycles. The van der Waals surface area contributed by atoms with Gasteiger partial charge in [0, 0.05) is 17.7 Å². The fourth-order valence-electron chi connectivity index (χ4n) is 4.27. The Balaban J connectivity index is 1.53. The van der Waals surface area contributed by atoms with Crippen LogP contribution in [0.25, 0.3) is 32.6 Å². The van der Waals surface area contributed by atoms with Gasteiger partial charge in [-0.05, 0) is 72.1 Å². The fraction of sp³-hybridized carbons (Fsp3) is 0.172. The van der Waals surface area contributed by atoms with Crippen LogP contribution in [0.1, 0.15) is 11.1 Å². The molecular weight excluding hydrogens is 489 g/mol. The Morgan fingerprint density at radius 1 is 0.865 bits per heavy atom. The van der Waals surface area contributed by atoms with Gasteiger partial charge in [0.2, 0.25) is 5.75 Å². The second-order valence-electron chi connectivity index (χ2n) is 8.51. The minimum Gasteiger partial charge on any atom is -0.493 e. The van der Waals surface area contributed by atoms with Gasteiger partial charge in [0.25, 0.3) is 0 Å². The summed E-state index contributed by atoms with van der Waals surface area (Å²) in [4.78, 5) is 9.20. The number of rotatable bonds is 8. The van der Waals surface area contributed by atoms with Gasteiger partial charge in [-0.2, -0.15) is 0 Å². The Bertz CT molecular complexity index is 1560. The zero-order valence-electron chi connectivity index (χ0n) is 21.0. The molecule has 0 fully saturated rings. The number of nitrogens with zero attached hydrogens (tertiary/aromatic N) is 2. The average Bonchev–Trinajstić information content (AvgIpc) is 3.40. The van der Waals surface area contributed by atoms with Gasteiger partial charge in [0.15, 0.2) is 11.5 Å². The topological polar surface area (TPSA) is 65.5 Å². The summed E-state index contributed by atoms with van der Waals surface area (Å²) >= 11 is 1.59. The van der Waals surface area contributed by atoms with Crippen molar-refractivity contribution in [3.8, 4) is 39.6 Å². The largest absolute Gasteiger partial charge is 0.493 e. The molecule has 0 saturated carbocycles. The van der Waals surface area contributed by atoms with Crippen LogP contribution in [-0.2, 0) is 6.54 Å². The molecule has 0 atom stereocenters. The number of benzene rings is 3. The molecule has 0 saturated heterocycles. The van der Waals surface area contributed by atoms with E-state index in [9.17, 15) is 4.39 Å². The molecule has 6 nitrogen and oxygen atoms in total. The van der Waals surface area contributed by atoms with E-state index in [0.29, 0.717) is 29.4 Å². The second kappa shape index (κ2) is 10.4. The molecule has 0 unspecified atom stereocenters. The number of nitrogens with one attached hydrogen (secondary N) is 1. The predicted octanol–water partition coefficient (Wildman–Crippen LogP) is 7.11. The first-order valence-corrected chi connectivity index (χ1v) is 12.5. The molecule has 3 aromatic carbocycles. The Kier molecular flexibility index (Phi) is 6.92. The van der Waals surface area contributed by atoms with Gasteiger partial charge in [-0.1, -0.05) is 6.07 Å². The third-order valence-corrected chi connectivity index (χ3v) is 6.97. The summed E-state index contributed by atoms with van der Waals surface area (Å²) in [6, 6.07) is 17.1. The van der Waals surface area contributed by atoms with E-state index in [-0.39, 0.29) is 5.82 Å². The zero-order chi connectivity index (χ0) is 25.9. The zero-order valence-corrected chi connectivity index (χ0v) is 21.8. The van der Waals surface area contributed by atoms with Gasteiger partial charge in [-0.15, -0.1) is 11.3 Å². The number of ether oxygens (including phenoxy) is 3. The third kappa shape index (κ3) is 4.93. The molecule has 0 aliphatic carbocycles. The van der Waals surface area contributed by atoms with Crippen molar-refractivity contribution >= 4 is 27.2 Å².